The Hall–Kier alpha value is 0.327. The van der Waals surface area contributed by atoms with Crippen molar-refractivity contribution < 1.29 is 28.4 Å². The Balaban J connectivity index is 4.26. The van der Waals surface area contributed by atoms with Gasteiger partial charge in [-0.2, -0.15) is 0 Å². The van der Waals surface area contributed by atoms with E-state index in [1.807, 2.05) is 0 Å². The SMILES string of the molecule is COCCOC(S)C([SiH3])(OCCOC)OCCOC. The summed E-state index contributed by atoms with van der Waals surface area (Å²) in [6, 6.07) is 0. The van der Waals surface area contributed by atoms with Crippen LogP contribution in [-0.2, 0) is 28.4 Å². The highest BCUT2D eigenvalue weighted by Crippen LogP contribution is 2.20. The topological polar surface area (TPSA) is 55.4 Å². The zero-order valence-corrected chi connectivity index (χ0v) is 15.1. The molecule has 1 unspecified atom stereocenters. The summed E-state index contributed by atoms with van der Waals surface area (Å²) in [7, 11) is 5.47. The molecular formula is C11H26O6SSi. The van der Waals surface area contributed by atoms with E-state index >= 15 is 0 Å². The van der Waals surface area contributed by atoms with Crippen molar-refractivity contribution in [3.8, 4) is 0 Å². The Bertz CT molecular complexity index is 200. The van der Waals surface area contributed by atoms with Crippen LogP contribution in [0.5, 0.6) is 0 Å². The fourth-order valence-corrected chi connectivity index (χ4v) is 2.06. The second-order valence-electron chi connectivity index (χ2n) is 3.91. The Morgan fingerprint density at radius 1 is 0.842 bits per heavy atom. The molecule has 0 radical (unpaired) electrons. The van der Waals surface area contributed by atoms with E-state index in [0.29, 0.717) is 49.9 Å². The second kappa shape index (κ2) is 12.1. The summed E-state index contributed by atoms with van der Waals surface area (Å²) >= 11 is 4.41. The van der Waals surface area contributed by atoms with Gasteiger partial charge < -0.3 is 28.4 Å². The lowest BCUT2D eigenvalue weighted by Crippen LogP contribution is -2.48. The third-order valence-electron chi connectivity index (χ3n) is 2.36. The molecule has 19 heavy (non-hydrogen) atoms. The quantitative estimate of drug-likeness (QED) is 0.209. The molecule has 0 N–H and O–H groups in total. The van der Waals surface area contributed by atoms with Gasteiger partial charge in [0.05, 0.1) is 49.9 Å². The Labute approximate surface area is 123 Å². The van der Waals surface area contributed by atoms with Gasteiger partial charge in [-0.15, -0.1) is 12.6 Å². The third-order valence-corrected chi connectivity index (χ3v) is 4.57. The molecule has 8 heteroatoms. The maximum atomic E-state index is 5.73. The van der Waals surface area contributed by atoms with Crippen LogP contribution in [0.4, 0.5) is 0 Å². The van der Waals surface area contributed by atoms with Gasteiger partial charge in [0.25, 0.3) is 0 Å². The van der Waals surface area contributed by atoms with Crippen LogP contribution in [0.25, 0.3) is 0 Å². The summed E-state index contributed by atoms with van der Waals surface area (Å²) in [6.07, 6.45) is 0. The molecule has 0 heterocycles. The van der Waals surface area contributed by atoms with Crippen LogP contribution < -0.4 is 0 Å². The van der Waals surface area contributed by atoms with E-state index in [1.165, 1.54) is 0 Å². The molecule has 0 aliphatic heterocycles. The van der Waals surface area contributed by atoms with Crippen LogP contribution in [0, 0.1) is 0 Å². The predicted molar refractivity (Wildman–Crippen MR) is 78.9 cm³/mol. The van der Waals surface area contributed by atoms with Crippen LogP contribution in [0.1, 0.15) is 0 Å². The van der Waals surface area contributed by atoms with E-state index in [9.17, 15) is 0 Å². The normalized spacial score (nSPS) is 13.9. The van der Waals surface area contributed by atoms with Gasteiger partial charge in [0.15, 0.2) is 5.41 Å². The lowest BCUT2D eigenvalue weighted by molar-refractivity contribution is -0.225. The van der Waals surface area contributed by atoms with Crippen LogP contribution in [0.15, 0.2) is 0 Å². The zero-order valence-electron chi connectivity index (χ0n) is 12.2. The Morgan fingerprint density at radius 2 is 1.26 bits per heavy atom. The summed E-state index contributed by atoms with van der Waals surface area (Å²) in [5.74, 6) is 0. The smallest absolute Gasteiger partial charge is 0.175 e. The fraction of sp³-hybridized carbons (Fsp3) is 1.00. The second-order valence-corrected chi connectivity index (χ2v) is 5.78. The molecule has 0 bridgehead atoms. The zero-order chi connectivity index (χ0) is 14.6. The van der Waals surface area contributed by atoms with Crippen molar-refractivity contribution in [2.24, 2.45) is 0 Å². The summed E-state index contributed by atoms with van der Waals surface area (Å²) in [5, 5.41) is 0. The Morgan fingerprint density at radius 3 is 1.68 bits per heavy atom. The van der Waals surface area contributed by atoms with Crippen molar-refractivity contribution in [3.05, 3.63) is 0 Å². The van der Waals surface area contributed by atoms with Gasteiger partial charge in [-0.1, -0.05) is 0 Å². The Kier molecular flexibility index (Phi) is 12.3. The summed E-state index contributed by atoms with van der Waals surface area (Å²) in [4.78, 5) is 0. The molecule has 0 amide bonds. The minimum Gasteiger partial charge on any atom is -0.382 e. The monoisotopic (exact) mass is 314 g/mol. The van der Waals surface area contributed by atoms with Crippen LogP contribution in [0.2, 0.25) is 0 Å². The first-order valence-electron chi connectivity index (χ1n) is 6.15. The van der Waals surface area contributed by atoms with Gasteiger partial charge in [0.1, 0.15) is 5.44 Å². The summed E-state index contributed by atoms with van der Waals surface area (Å²) < 4.78 is 31.9. The first-order chi connectivity index (χ1) is 9.10. The summed E-state index contributed by atoms with van der Waals surface area (Å²) in [6.45, 7) is 2.79. The van der Waals surface area contributed by atoms with Crippen molar-refractivity contribution in [3.63, 3.8) is 0 Å². The standard InChI is InChI=1S/C11H26O6SSi/c1-12-4-7-15-10(18)11(19,16-8-5-13-2)17-9-6-14-3/h10,18H,4-9H2,1-3,19H3. The molecule has 116 valence electrons. The van der Waals surface area contributed by atoms with E-state index in [4.69, 9.17) is 28.4 Å². The van der Waals surface area contributed by atoms with Crippen molar-refractivity contribution in [2.45, 2.75) is 10.8 Å². The fourth-order valence-electron chi connectivity index (χ4n) is 1.23. The van der Waals surface area contributed by atoms with Gasteiger partial charge in [-0.05, 0) is 0 Å². The van der Waals surface area contributed by atoms with Crippen molar-refractivity contribution in [1.29, 1.82) is 0 Å². The predicted octanol–water partition coefficient (Wildman–Crippen LogP) is -0.749. The van der Waals surface area contributed by atoms with E-state index < -0.39 is 10.8 Å². The first-order valence-corrected chi connectivity index (χ1v) is 7.66. The minimum atomic E-state index is -0.825. The molecule has 0 saturated carbocycles. The highest BCUT2D eigenvalue weighted by Gasteiger charge is 2.34. The lowest BCUT2D eigenvalue weighted by Gasteiger charge is -2.35. The summed E-state index contributed by atoms with van der Waals surface area (Å²) in [5.41, 5.74) is -1.29. The number of methoxy groups -OCH3 is 3. The van der Waals surface area contributed by atoms with Crippen LogP contribution >= 0.6 is 12.6 Å². The van der Waals surface area contributed by atoms with Crippen LogP contribution in [0.3, 0.4) is 0 Å². The highest BCUT2D eigenvalue weighted by atomic mass is 32.1. The van der Waals surface area contributed by atoms with Gasteiger partial charge >= 0.3 is 0 Å². The lowest BCUT2D eigenvalue weighted by atomic mass is 10.6. The molecule has 1 atom stereocenters. The minimum absolute atomic E-state index is 0.428. The highest BCUT2D eigenvalue weighted by molar-refractivity contribution is 7.80. The van der Waals surface area contributed by atoms with Gasteiger partial charge in [0, 0.05) is 21.3 Å². The number of hydrogen-bond donors (Lipinski definition) is 1. The number of rotatable bonds is 13. The average Bonchev–Trinajstić information content (AvgIpc) is 2.39. The van der Waals surface area contributed by atoms with Gasteiger partial charge in [0.2, 0.25) is 0 Å². The molecule has 0 aromatic carbocycles. The molecule has 0 aromatic heterocycles. The maximum Gasteiger partial charge on any atom is 0.175 e. The molecule has 0 spiro atoms. The molecular weight excluding hydrogens is 288 g/mol. The molecule has 0 aliphatic rings. The maximum absolute atomic E-state index is 5.73. The first kappa shape index (κ1) is 19.3. The molecule has 0 aromatic rings. The van der Waals surface area contributed by atoms with Gasteiger partial charge in [-0.25, -0.2) is 0 Å². The van der Waals surface area contributed by atoms with Gasteiger partial charge in [-0.3, -0.25) is 0 Å². The molecule has 0 aliphatic carbocycles. The van der Waals surface area contributed by atoms with E-state index in [-0.39, 0.29) is 0 Å². The molecule has 0 fully saturated rings. The van der Waals surface area contributed by atoms with E-state index in [1.54, 1.807) is 21.3 Å². The number of thiol groups is 1. The van der Waals surface area contributed by atoms with Crippen LogP contribution in [-0.4, -0.2) is 82.1 Å². The van der Waals surface area contributed by atoms with E-state index in [2.05, 4.69) is 12.6 Å². The number of hydrogen-bond acceptors (Lipinski definition) is 7. The number of ether oxygens (including phenoxy) is 6. The average molecular weight is 314 g/mol. The molecule has 0 saturated heterocycles. The van der Waals surface area contributed by atoms with Crippen molar-refractivity contribution >= 4 is 22.9 Å². The third kappa shape index (κ3) is 8.98. The van der Waals surface area contributed by atoms with Crippen molar-refractivity contribution in [1.82, 2.24) is 0 Å². The molecule has 0 rings (SSSR count). The largest absolute Gasteiger partial charge is 0.382 e. The van der Waals surface area contributed by atoms with Crippen molar-refractivity contribution in [2.75, 3.05) is 61.0 Å². The molecule has 6 nitrogen and oxygen atoms in total. The van der Waals surface area contributed by atoms with E-state index in [0.717, 1.165) is 0 Å².